The molecule has 0 atom stereocenters. The van der Waals surface area contributed by atoms with Gasteiger partial charge in [0.15, 0.2) is 0 Å². The van der Waals surface area contributed by atoms with E-state index in [1.807, 2.05) is 54.2 Å². The summed E-state index contributed by atoms with van der Waals surface area (Å²) in [5.74, 6) is 2.80. The van der Waals surface area contributed by atoms with Gasteiger partial charge in [0.2, 0.25) is 5.91 Å². The minimum atomic E-state index is 0.0115. The van der Waals surface area contributed by atoms with E-state index in [9.17, 15) is 4.79 Å². The summed E-state index contributed by atoms with van der Waals surface area (Å²) < 4.78 is 0. The molecule has 1 aliphatic rings. The highest BCUT2D eigenvalue weighted by Gasteiger charge is 2.11. The molecule has 1 aliphatic heterocycles. The lowest BCUT2D eigenvalue weighted by Gasteiger charge is -2.26. The second-order valence-corrected chi connectivity index (χ2v) is 8.99. The molecule has 4 nitrogen and oxygen atoms in total. The summed E-state index contributed by atoms with van der Waals surface area (Å²) in [7, 11) is 0. The van der Waals surface area contributed by atoms with E-state index in [0.29, 0.717) is 5.75 Å². The topological polar surface area (TPSA) is 45.2 Å². The van der Waals surface area contributed by atoms with Gasteiger partial charge < -0.3 is 5.32 Å². The smallest absolute Gasteiger partial charge is 0.234 e. The first-order valence-electron chi connectivity index (χ1n) is 9.43. The van der Waals surface area contributed by atoms with Crippen molar-refractivity contribution in [1.82, 2.24) is 9.88 Å². The van der Waals surface area contributed by atoms with Crippen molar-refractivity contribution in [1.29, 1.82) is 0 Å². The van der Waals surface area contributed by atoms with Crippen LogP contribution in [0.25, 0.3) is 10.9 Å². The molecule has 6 heteroatoms. The maximum absolute atomic E-state index is 12.5. The summed E-state index contributed by atoms with van der Waals surface area (Å²) in [6.07, 6.45) is 1.80. The van der Waals surface area contributed by atoms with Crippen LogP contribution < -0.4 is 5.32 Å². The number of fused-ring (bicyclic) bond motifs is 1. The normalized spacial score (nSPS) is 14.9. The third kappa shape index (κ3) is 5.07. The van der Waals surface area contributed by atoms with Gasteiger partial charge in [0.05, 0.1) is 11.3 Å². The Kier molecular flexibility index (Phi) is 6.52. The van der Waals surface area contributed by atoms with Crippen molar-refractivity contribution in [3.8, 4) is 0 Å². The molecule has 0 saturated carbocycles. The van der Waals surface area contributed by atoms with Gasteiger partial charge in [-0.1, -0.05) is 30.3 Å². The summed E-state index contributed by atoms with van der Waals surface area (Å²) in [5, 5.41) is 4.13. The third-order valence-corrected chi connectivity index (χ3v) is 6.70. The summed E-state index contributed by atoms with van der Waals surface area (Å²) in [5.41, 5.74) is 3.07. The average molecular weight is 410 g/mol. The summed E-state index contributed by atoms with van der Waals surface area (Å²) in [6, 6.07) is 18.2. The van der Waals surface area contributed by atoms with E-state index in [1.165, 1.54) is 17.1 Å². The Morgan fingerprint density at radius 1 is 1.11 bits per heavy atom. The van der Waals surface area contributed by atoms with Crippen LogP contribution in [0.5, 0.6) is 0 Å². The number of amides is 1. The maximum atomic E-state index is 12.5. The number of pyridine rings is 1. The second-order valence-electron chi connectivity index (χ2n) is 6.75. The molecular weight excluding hydrogens is 386 g/mol. The Bertz CT molecular complexity index is 952. The molecule has 0 unspecified atom stereocenters. The van der Waals surface area contributed by atoms with Gasteiger partial charge in [-0.15, -0.1) is 11.8 Å². The Morgan fingerprint density at radius 3 is 2.86 bits per heavy atom. The summed E-state index contributed by atoms with van der Waals surface area (Å²) >= 11 is 3.57. The highest BCUT2D eigenvalue weighted by atomic mass is 32.2. The fourth-order valence-corrected chi connectivity index (χ4v) is 5.12. The van der Waals surface area contributed by atoms with Crippen molar-refractivity contribution in [2.45, 2.75) is 11.4 Å². The number of anilines is 1. The predicted molar refractivity (Wildman–Crippen MR) is 120 cm³/mol. The van der Waals surface area contributed by atoms with Crippen LogP contribution in [0.15, 0.2) is 65.7 Å². The highest BCUT2D eigenvalue weighted by Crippen LogP contribution is 2.26. The van der Waals surface area contributed by atoms with E-state index in [0.717, 1.165) is 41.1 Å². The number of nitrogens with one attached hydrogen (secondary N) is 1. The fraction of sp³-hybridized carbons (Fsp3) is 0.273. The van der Waals surface area contributed by atoms with Crippen LogP contribution in [0.1, 0.15) is 5.56 Å². The molecule has 2 heterocycles. The van der Waals surface area contributed by atoms with Crippen LogP contribution in [0.3, 0.4) is 0 Å². The zero-order valence-electron chi connectivity index (χ0n) is 15.6. The largest absolute Gasteiger partial charge is 0.325 e. The summed E-state index contributed by atoms with van der Waals surface area (Å²) in [6.45, 7) is 3.22. The van der Waals surface area contributed by atoms with Gasteiger partial charge in [0.1, 0.15) is 0 Å². The van der Waals surface area contributed by atoms with Gasteiger partial charge in [0, 0.05) is 53.3 Å². The lowest BCUT2D eigenvalue weighted by atomic mass is 10.2. The molecule has 4 rings (SSSR count). The molecule has 2 aromatic carbocycles. The standard InChI is InChI=1S/C22H23N3OS2/c26-22(16-28-21-8-9-23-20-7-2-1-6-19(20)21)24-18-5-3-4-17(14-18)15-25-10-12-27-13-11-25/h1-9,14H,10-13,15-16H2,(H,24,26). The number of rotatable bonds is 6. The molecule has 1 saturated heterocycles. The molecule has 1 N–H and O–H groups in total. The van der Waals surface area contributed by atoms with E-state index in [4.69, 9.17) is 0 Å². The minimum Gasteiger partial charge on any atom is -0.325 e. The maximum Gasteiger partial charge on any atom is 0.234 e. The van der Waals surface area contributed by atoms with Crippen LogP contribution in [0.4, 0.5) is 5.69 Å². The van der Waals surface area contributed by atoms with Gasteiger partial charge >= 0.3 is 0 Å². The van der Waals surface area contributed by atoms with Crippen molar-refractivity contribution in [2.75, 3.05) is 35.7 Å². The van der Waals surface area contributed by atoms with Crippen LogP contribution in [0.2, 0.25) is 0 Å². The fourth-order valence-electron chi connectivity index (χ4n) is 3.30. The Balaban J connectivity index is 1.35. The van der Waals surface area contributed by atoms with Gasteiger partial charge in [-0.3, -0.25) is 14.7 Å². The predicted octanol–water partition coefficient (Wildman–Crippen LogP) is 4.51. The molecule has 1 aromatic heterocycles. The van der Waals surface area contributed by atoms with E-state index in [2.05, 4.69) is 27.3 Å². The lowest BCUT2D eigenvalue weighted by Crippen LogP contribution is -2.31. The number of hydrogen-bond acceptors (Lipinski definition) is 5. The minimum absolute atomic E-state index is 0.0115. The first-order chi connectivity index (χ1) is 13.8. The van der Waals surface area contributed by atoms with E-state index in [-0.39, 0.29) is 5.91 Å². The monoisotopic (exact) mass is 409 g/mol. The molecule has 0 aliphatic carbocycles. The van der Waals surface area contributed by atoms with Crippen LogP contribution >= 0.6 is 23.5 Å². The Hall–Kier alpha value is -2.02. The van der Waals surface area contributed by atoms with E-state index < -0.39 is 0 Å². The van der Waals surface area contributed by atoms with Crippen molar-refractivity contribution in [3.63, 3.8) is 0 Å². The third-order valence-electron chi connectivity index (χ3n) is 4.69. The summed E-state index contributed by atoms with van der Waals surface area (Å²) in [4.78, 5) is 20.4. The zero-order chi connectivity index (χ0) is 19.2. The highest BCUT2D eigenvalue weighted by molar-refractivity contribution is 8.00. The van der Waals surface area contributed by atoms with Crippen molar-refractivity contribution < 1.29 is 4.79 Å². The van der Waals surface area contributed by atoms with E-state index >= 15 is 0 Å². The van der Waals surface area contributed by atoms with Crippen LogP contribution in [-0.2, 0) is 11.3 Å². The number of carbonyl (C=O) groups is 1. The molecule has 144 valence electrons. The molecule has 1 fully saturated rings. The SMILES string of the molecule is O=C(CSc1ccnc2ccccc12)Nc1cccc(CN2CCSCC2)c1. The molecule has 0 radical (unpaired) electrons. The van der Waals surface area contributed by atoms with Crippen molar-refractivity contribution in [3.05, 3.63) is 66.4 Å². The van der Waals surface area contributed by atoms with Gasteiger partial charge in [-0.05, 0) is 29.8 Å². The number of hydrogen-bond donors (Lipinski definition) is 1. The Labute approximate surface area is 174 Å². The molecule has 0 bridgehead atoms. The van der Waals surface area contributed by atoms with Crippen molar-refractivity contribution in [2.24, 2.45) is 0 Å². The molecule has 3 aromatic rings. The number of nitrogens with zero attached hydrogens (tertiary/aromatic N) is 2. The molecule has 0 spiro atoms. The zero-order valence-corrected chi connectivity index (χ0v) is 17.3. The number of aromatic nitrogens is 1. The second kappa shape index (κ2) is 9.45. The molecule has 28 heavy (non-hydrogen) atoms. The molecule has 1 amide bonds. The van der Waals surface area contributed by atoms with E-state index in [1.54, 1.807) is 18.0 Å². The van der Waals surface area contributed by atoms with Gasteiger partial charge in [-0.2, -0.15) is 11.8 Å². The number of benzene rings is 2. The number of carbonyl (C=O) groups excluding carboxylic acids is 1. The first kappa shape index (κ1) is 19.3. The quantitative estimate of drug-likeness (QED) is 0.607. The molecular formula is C22H23N3OS2. The van der Waals surface area contributed by atoms with Gasteiger partial charge in [0.25, 0.3) is 0 Å². The van der Waals surface area contributed by atoms with Crippen LogP contribution in [0, 0.1) is 0 Å². The van der Waals surface area contributed by atoms with Gasteiger partial charge in [-0.25, -0.2) is 0 Å². The lowest BCUT2D eigenvalue weighted by molar-refractivity contribution is -0.113. The first-order valence-corrected chi connectivity index (χ1v) is 11.6. The van der Waals surface area contributed by atoms with Crippen LogP contribution in [-0.4, -0.2) is 46.1 Å². The number of thioether (sulfide) groups is 2. The average Bonchev–Trinajstić information content (AvgIpc) is 2.73. The van der Waals surface area contributed by atoms with Crippen molar-refractivity contribution >= 4 is 46.0 Å². The number of para-hydroxylation sites is 1. The Morgan fingerprint density at radius 2 is 1.96 bits per heavy atom.